The molecule has 3 heteroatoms. The van der Waals surface area contributed by atoms with Gasteiger partial charge in [-0.15, -0.1) is 0 Å². The zero-order valence-corrected chi connectivity index (χ0v) is 12.3. The Kier molecular flexibility index (Phi) is 5.13. The van der Waals surface area contributed by atoms with Gasteiger partial charge in [0.25, 0.3) is 0 Å². The quantitative estimate of drug-likeness (QED) is 0.864. The van der Waals surface area contributed by atoms with Crippen LogP contribution < -0.4 is 10.1 Å². The van der Waals surface area contributed by atoms with Gasteiger partial charge in [0.05, 0.1) is 6.61 Å². The molecule has 1 aromatic carbocycles. The minimum absolute atomic E-state index is 0.269. The second-order valence-electron chi connectivity index (χ2n) is 4.90. The van der Waals surface area contributed by atoms with Crippen LogP contribution in [0.2, 0.25) is 0 Å². The van der Waals surface area contributed by atoms with Gasteiger partial charge < -0.3 is 10.1 Å². The Morgan fingerprint density at radius 2 is 1.75 bits per heavy atom. The minimum atomic E-state index is 0.269. The highest BCUT2D eigenvalue weighted by atomic mass is 16.5. The lowest BCUT2D eigenvalue weighted by atomic mass is 10.1. The van der Waals surface area contributed by atoms with Gasteiger partial charge in [0.1, 0.15) is 5.75 Å². The molecule has 0 aliphatic rings. The highest BCUT2D eigenvalue weighted by molar-refractivity contribution is 5.29. The number of pyridine rings is 1. The van der Waals surface area contributed by atoms with Crippen LogP contribution in [0.15, 0.2) is 48.8 Å². The van der Waals surface area contributed by atoms with Crippen LogP contribution in [0.1, 0.15) is 44.0 Å². The van der Waals surface area contributed by atoms with Crippen molar-refractivity contribution in [3.05, 3.63) is 59.9 Å². The Balaban J connectivity index is 1.99. The number of hydrogen-bond donors (Lipinski definition) is 1. The van der Waals surface area contributed by atoms with E-state index in [1.165, 1.54) is 11.1 Å². The van der Waals surface area contributed by atoms with Crippen molar-refractivity contribution >= 4 is 0 Å². The third-order valence-corrected chi connectivity index (χ3v) is 3.38. The third-order valence-electron chi connectivity index (χ3n) is 3.38. The van der Waals surface area contributed by atoms with Crippen LogP contribution >= 0.6 is 0 Å². The fraction of sp³-hybridized carbons (Fsp3) is 0.353. The van der Waals surface area contributed by atoms with Crippen LogP contribution in [0.4, 0.5) is 0 Å². The summed E-state index contributed by atoms with van der Waals surface area (Å²) < 4.78 is 5.46. The summed E-state index contributed by atoms with van der Waals surface area (Å²) in [4.78, 5) is 4.16. The number of ether oxygens (including phenoxy) is 1. The SMILES string of the molecule is CCOc1ccc(C(C)N[C@H](C)c2cccnc2)cc1. The Hall–Kier alpha value is -1.87. The Morgan fingerprint density at radius 3 is 2.35 bits per heavy atom. The van der Waals surface area contributed by atoms with Crippen molar-refractivity contribution in [2.75, 3.05) is 6.61 Å². The largest absolute Gasteiger partial charge is 0.494 e. The lowest BCUT2D eigenvalue weighted by Crippen LogP contribution is -2.22. The topological polar surface area (TPSA) is 34.1 Å². The Morgan fingerprint density at radius 1 is 1.05 bits per heavy atom. The molecular weight excluding hydrogens is 248 g/mol. The molecule has 0 aliphatic carbocycles. The number of aromatic nitrogens is 1. The molecule has 0 fully saturated rings. The Bertz CT molecular complexity index is 510. The molecule has 0 radical (unpaired) electrons. The summed E-state index contributed by atoms with van der Waals surface area (Å²) >= 11 is 0. The van der Waals surface area contributed by atoms with E-state index in [1.54, 1.807) is 6.20 Å². The standard InChI is InChI=1S/C17H22N2O/c1-4-20-17-9-7-15(8-10-17)13(2)19-14(3)16-6-5-11-18-12-16/h5-14,19H,4H2,1-3H3/t13?,14-/m1/s1. The van der Waals surface area contributed by atoms with Gasteiger partial charge in [0.15, 0.2) is 0 Å². The monoisotopic (exact) mass is 270 g/mol. The maximum absolute atomic E-state index is 5.46. The molecule has 0 bridgehead atoms. The molecule has 106 valence electrons. The van der Waals surface area contributed by atoms with Crippen LogP contribution in [0.25, 0.3) is 0 Å². The number of hydrogen-bond acceptors (Lipinski definition) is 3. The highest BCUT2D eigenvalue weighted by Crippen LogP contribution is 2.21. The van der Waals surface area contributed by atoms with Crippen molar-refractivity contribution in [1.82, 2.24) is 10.3 Å². The highest BCUT2D eigenvalue weighted by Gasteiger charge is 2.11. The van der Waals surface area contributed by atoms with E-state index in [-0.39, 0.29) is 12.1 Å². The molecule has 0 spiro atoms. The summed E-state index contributed by atoms with van der Waals surface area (Å²) in [6.45, 7) is 7.02. The van der Waals surface area contributed by atoms with E-state index in [4.69, 9.17) is 4.74 Å². The molecule has 1 aromatic heterocycles. The van der Waals surface area contributed by atoms with Gasteiger partial charge in [-0.2, -0.15) is 0 Å². The van der Waals surface area contributed by atoms with E-state index in [2.05, 4.69) is 42.3 Å². The first-order valence-corrected chi connectivity index (χ1v) is 7.09. The molecule has 0 aliphatic heterocycles. The number of benzene rings is 1. The summed E-state index contributed by atoms with van der Waals surface area (Å²) in [6, 6.07) is 12.9. The summed E-state index contributed by atoms with van der Waals surface area (Å²) in [5.74, 6) is 0.920. The Labute approximate surface area is 121 Å². The van der Waals surface area contributed by atoms with Gasteiger partial charge in [0, 0.05) is 24.5 Å². The van der Waals surface area contributed by atoms with Gasteiger partial charge >= 0.3 is 0 Å². The van der Waals surface area contributed by atoms with Crippen LogP contribution in [0.3, 0.4) is 0 Å². The van der Waals surface area contributed by atoms with Crippen molar-refractivity contribution in [3.63, 3.8) is 0 Å². The maximum atomic E-state index is 5.46. The molecule has 1 unspecified atom stereocenters. The fourth-order valence-corrected chi connectivity index (χ4v) is 2.22. The molecule has 2 aromatic rings. The molecule has 0 saturated heterocycles. The predicted octanol–water partition coefficient (Wildman–Crippen LogP) is 3.89. The van der Waals surface area contributed by atoms with Gasteiger partial charge in [-0.05, 0) is 50.1 Å². The van der Waals surface area contributed by atoms with Gasteiger partial charge in [-0.25, -0.2) is 0 Å². The fourth-order valence-electron chi connectivity index (χ4n) is 2.22. The normalized spacial score (nSPS) is 13.8. The number of nitrogens with zero attached hydrogens (tertiary/aromatic N) is 1. The zero-order valence-electron chi connectivity index (χ0n) is 12.3. The first-order valence-electron chi connectivity index (χ1n) is 7.09. The van der Waals surface area contributed by atoms with Crippen molar-refractivity contribution in [2.45, 2.75) is 32.9 Å². The summed E-state index contributed by atoms with van der Waals surface area (Å²) in [6.07, 6.45) is 3.70. The van der Waals surface area contributed by atoms with Crippen LogP contribution in [0.5, 0.6) is 5.75 Å². The number of nitrogens with one attached hydrogen (secondary N) is 1. The molecule has 2 atom stereocenters. The van der Waals surface area contributed by atoms with E-state index in [0.29, 0.717) is 6.61 Å². The third kappa shape index (κ3) is 3.81. The van der Waals surface area contributed by atoms with Gasteiger partial charge in [-0.3, -0.25) is 4.98 Å². The zero-order chi connectivity index (χ0) is 14.4. The molecule has 1 heterocycles. The second kappa shape index (κ2) is 7.06. The first kappa shape index (κ1) is 14.5. The summed E-state index contributed by atoms with van der Waals surface area (Å²) in [5.41, 5.74) is 2.45. The van der Waals surface area contributed by atoms with E-state index >= 15 is 0 Å². The molecule has 0 amide bonds. The summed E-state index contributed by atoms with van der Waals surface area (Å²) in [7, 11) is 0. The minimum Gasteiger partial charge on any atom is -0.494 e. The van der Waals surface area contributed by atoms with Gasteiger partial charge in [-0.1, -0.05) is 18.2 Å². The van der Waals surface area contributed by atoms with E-state index in [1.807, 2.05) is 31.3 Å². The average Bonchev–Trinajstić information content (AvgIpc) is 2.49. The van der Waals surface area contributed by atoms with Crippen LogP contribution in [-0.4, -0.2) is 11.6 Å². The molecule has 1 N–H and O–H groups in total. The molecule has 20 heavy (non-hydrogen) atoms. The van der Waals surface area contributed by atoms with Crippen molar-refractivity contribution in [2.24, 2.45) is 0 Å². The molecule has 2 rings (SSSR count). The maximum Gasteiger partial charge on any atom is 0.119 e. The molecule has 0 saturated carbocycles. The van der Waals surface area contributed by atoms with Crippen molar-refractivity contribution in [3.8, 4) is 5.75 Å². The van der Waals surface area contributed by atoms with Crippen LogP contribution in [-0.2, 0) is 0 Å². The van der Waals surface area contributed by atoms with Crippen molar-refractivity contribution in [1.29, 1.82) is 0 Å². The lowest BCUT2D eigenvalue weighted by molar-refractivity contribution is 0.340. The van der Waals surface area contributed by atoms with Crippen molar-refractivity contribution < 1.29 is 4.74 Å². The number of rotatable bonds is 6. The lowest BCUT2D eigenvalue weighted by Gasteiger charge is -2.20. The summed E-state index contributed by atoms with van der Waals surface area (Å²) in [5, 5.41) is 3.58. The van der Waals surface area contributed by atoms with Crippen LogP contribution in [0, 0.1) is 0 Å². The average molecular weight is 270 g/mol. The van der Waals surface area contributed by atoms with Gasteiger partial charge in [0.2, 0.25) is 0 Å². The first-order chi connectivity index (χ1) is 9.70. The van der Waals surface area contributed by atoms with E-state index in [0.717, 1.165) is 5.75 Å². The van der Waals surface area contributed by atoms with E-state index in [9.17, 15) is 0 Å². The second-order valence-corrected chi connectivity index (χ2v) is 4.90. The molecular formula is C17H22N2O. The predicted molar refractivity (Wildman–Crippen MR) is 81.8 cm³/mol. The smallest absolute Gasteiger partial charge is 0.119 e. The van der Waals surface area contributed by atoms with E-state index < -0.39 is 0 Å². The molecule has 3 nitrogen and oxygen atoms in total.